The second-order valence-electron chi connectivity index (χ2n) is 11.5. The van der Waals surface area contributed by atoms with Crippen molar-refractivity contribution in [3.63, 3.8) is 0 Å². The van der Waals surface area contributed by atoms with Gasteiger partial charge in [-0.3, -0.25) is 9.59 Å². The van der Waals surface area contributed by atoms with Crippen LogP contribution in [0.3, 0.4) is 0 Å². The summed E-state index contributed by atoms with van der Waals surface area (Å²) in [6.07, 6.45) is 5.23. The van der Waals surface area contributed by atoms with Crippen LogP contribution in [-0.2, 0) is 11.3 Å². The summed E-state index contributed by atoms with van der Waals surface area (Å²) in [7, 11) is 0. The highest BCUT2D eigenvalue weighted by Gasteiger charge is 2.43. The Morgan fingerprint density at radius 1 is 1.09 bits per heavy atom. The van der Waals surface area contributed by atoms with Crippen LogP contribution in [0, 0.1) is 0 Å². The van der Waals surface area contributed by atoms with Crippen molar-refractivity contribution in [3.8, 4) is 11.5 Å². The Morgan fingerprint density at radius 2 is 1.84 bits per heavy atom. The quantitative estimate of drug-likeness (QED) is 0.313. The van der Waals surface area contributed by atoms with Crippen LogP contribution in [0.2, 0.25) is 5.02 Å². The number of benzene rings is 1. The third kappa shape index (κ3) is 7.74. The molecule has 2 saturated heterocycles. The Bertz CT molecular complexity index is 1440. The van der Waals surface area contributed by atoms with Crippen molar-refractivity contribution in [3.05, 3.63) is 65.8 Å². The second-order valence-corrected chi connectivity index (χ2v) is 11.9. The van der Waals surface area contributed by atoms with Gasteiger partial charge in [-0.25, -0.2) is 9.97 Å². The topological polar surface area (TPSA) is 111 Å². The molecular formula is C30H34ClF3N6O4. The first-order valence-corrected chi connectivity index (χ1v) is 14.7. The third-order valence-corrected chi connectivity index (χ3v) is 8.01. The van der Waals surface area contributed by atoms with E-state index in [0.29, 0.717) is 48.3 Å². The van der Waals surface area contributed by atoms with E-state index in [-0.39, 0.29) is 29.6 Å². The highest BCUT2D eigenvalue weighted by atomic mass is 35.5. The molecule has 2 bridgehead atoms. The zero-order valence-electron chi connectivity index (χ0n) is 24.3. The number of pyridine rings is 1. The first-order valence-electron chi connectivity index (χ1n) is 14.4. The van der Waals surface area contributed by atoms with Gasteiger partial charge in [0.1, 0.15) is 19.0 Å². The Morgan fingerprint density at radius 3 is 2.48 bits per heavy atom. The van der Waals surface area contributed by atoms with Gasteiger partial charge in [0, 0.05) is 47.8 Å². The van der Waals surface area contributed by atoms with E-state index in [2.05, 4.69) is 20.2 Å². The fraction of sp³-hybridized carbons (Fsp3) is 0.467. The summed E-state index contributed by atoms with van der Waals surface area (Å²) in [4.78, 5) is 36.1. The van der Waals surface area contributed by atoms with Gasteiger partial charge in [-0.05, 0) is 63.8 Å². The van der Waals surface area contributed by atoms with E-state index in [1.165, 1.54) is 12.3 Å². The molecule has 44 heavy (non-hydrogen) atoms. The van der Waals surface area contributed by atoms with Gasteiger partial charge in [0.15, 0.2) is 17.1 Å². The van der Waals surface area contributed by atoms with Crippen molar-refractivity contribution in [1.29, 1.82) is 0 Å². The molecule has 0 saturated carbocycles. The monoisotopic (exact) mass is 634 g/mol. The molecule has 3 atom stereocenters. The number of nitrogens with zero attached hydrogens (tertiary/aromatic N) is 4. The highest BCUT2D eigenvalue weighted by Crippen LogP contribution is 2.39. The molecule has 4 heterocycles. The van der Waals surface area contributed by atoms with Crippen LogP contribution in [-0.4, -0.2) is 69.4 Å². The second kappa shape index (κ2) is 12.9. The maximum atomic E-state index is 13.4. The summed E-state index contributed by atoms with van der Waals surface area (Å²) >= 11 is 6.20. The number of carbonyl (C=O) groups is 2. The van der Waals surface area contributed by atoms with E-state index in [9.17, 15) is 22.8 Å². The smallest absolute Gasteiger partial charge is 0.405 e. The molecule has 236 valence electrons. The number of fused-ring (bicyclic) bond motifs is 2. The standard InChI is InChI=1S/C30H34ClF3N6O4/c1-29(2,44-24-7-4-20(31)13-25(24)43-12-11-39-10-9-35-18-39)28(42)38-21-14-22-5-6-23(15-21)40(22)26-8-3-19(16-36-26)27(41)37-17-30(32,33)34/h3-4,7-10,13,16,18,21-23H,5-6,11-12,14-15,17H2,1-2H3,(H,37,41)(H,38,42)/t21-,22+,23-. The van der Waals surface area contributed by atoms with Crippen LogP contribution in [0.4, 0.5) is 19.0 Å². The van der Waals surface area contributed by atoms with Gasteiger partial charge in [0.05, 0.1) is 18.4 Å². The van der Waals surface area contributed by atoms with Crippen LogP contribution < -0.4 is 25.0 Å². The van der Waals surface area contributed by atoms with E-state index in [4.69, 9.17) is 21.1 Å². The minimum Gasteiger partial charge on any atom is -0.488 e. The first kappa shape index (κ1) is 31.4. The first-order chi connectivity index (χ1) is 20.9. The molecule has 0 aliphatic carbocycles. The van der Waals surface area contributed by atoms with E-state index in [0.717, 1.165) is 12.8 Å². The molecular weight excluding hydrogens is 601 g/mol. The predicted molar refractivity (Wildman–Crippen MR) is 157 cm³/mol. The molecule has 2 aliphatic rings. The van der Waals surface area contributed by atoms with Gasteiger partial charge >= 0.3 is 6.18 Å². The zero-order chi connectivity index (χ0) is 31.5. The van der Waals surface area contributed by atoms with E-state index in [1.54, 1.807) is 50.6 Å². The molecule has 1 aromatic carbocycles. The number of carbonyl (C=O) groups excluding carboxylic acids is 2. The van der Waals surface area contributed by atoms with Crippen LogP contribution in [0.25, 0.3) is 0 Å². The van der Waals surface area contributed by atoms with Crippen molar-refractivity contribution in [2.45, 2.75) is 76.0 Å². The van der Waals surface area contributed by atoms with Crippen molar-refractivity contribution in [2.24, 2.45) is 0 Å². The Kier molecular flexibility index (Phi) is 9.23. The van der Waals surface area contributed by atoms with E-state index < -0.39 is 24.2 Å². The van der Waals surface area contributed by atoms with Crippen LogP contribution in [0.15, 0.2) is 55.2 Å². The fourth-order valence-corrected chi connectivity index (χ4v) is 5.83. The SMILES string of the molecule is CC(C)(Oc1ccc(Cl)cc1OCCn1ccnc1)C(=O)N[C@H]1C[C@H]2CC[C@@H](C1)N2c1ccc(C(=O)NCC(F)(F)F)cn1. The van der Waals surface area contributed by atoms with Gasteiger partial charge in [0.25, 0.3) is 11.8 Å². The predicted octanol–water partition coefficient (Wildman–Crippen LogP) is 4.78. The molecule has 2 amide bonds. The molecule has 5 rings (SSSR count). The molecule has 3 aromatic rings. The molecule has 0 unspecified atom stereocenters. The number of anilines is 1. The van der Waals surface area contributed by atoms with E-state index >= 15 is 0 Å². The Balaban J connectivity index is 1.17. The maximum absolute atomic E-state index is 13.4. The number of alkyl halides is 3. The third-order valence-electron chi connectivity index (χ3n) is 7.78. The van der Waals surface area contributed by atoms with E-state index in [1.807, 2.05) is 16.1 Å². The largest absolute Gasteiger partial charge is 0.488 e. The number of imidazole rings is 1. The summed E-state index contributed by atoms with van der Waals surface area (Å²) in [6.45, 7) is 2.93. The molecule has 0 spiro atoms. The molecule has 14 heteroatoms. The minimum atomic E-state index is -4.49. The number of hydrogen-bond donors (Lipinski definition) is 2. The Hall–Kier alpha value is -4.00. The summed E-state index contributed by atoms with van der Waals surface area (Å²) in [5.74, 6) is 0.392. The van der Waals surface area contributed by atoms with Crippen LogP contribution in [0.5, 0.6) is 11.5 Å². The molecule has 2 fully saturated rings. The van der Waals surface area contributed by atoms with Gasteiger partial charge in [-0.1, -0.05) is 11.6 Å². The number of rotatable bonds is 11. The highest BCUT2D eigenvalue weighted by molar-refractivity contribution is 6.30. The van der Waals surface area contributed by atoms with Crippen LogP contribution in [0.1, 0.15) is 49.9 Å². The lowest BCUT2D eigenvalue weighted by Gasteiger charge is -2.40. The average molecular weight is 635 g/mol. The number of piperidine rings is 1. The lowest BCUT2D eigenvalue weighted by molar-refractivity contribution is -0.135. The molecule has 0 radical (unpaired) electrons. The number of ether oxygens (including phenoxy) is 2. The summed E-state index contributed by atoms with van der Waals surface area (Å²) in [6, 6.07) is 8.31. The van der Waals surface area contributed by atoms with Crippen molar-refractivity contribution < 1.29 is 32.2 Å². The number of halogens is 4. The molecule has 2 aliphatic heterocycles. The van der Waals surface area contributed by atoms with Gasteiger partial charge < -0.3 is 29.6 Å². The number of aromatic nitrogens is 3. The average Bonchev–Trinajstić information content (AvgIpc) is 3.58. The van der Waals surface area contributed by atoms with Crippen LogP contribution >= 0.6 is 11.6 Å². The minimum absolute atomic E-state index is 0.0576. The lowest BCUT2D eigenvalue weighted by atomic mass is 9.96. The Labute approximate surface area is 257 Å². The van der Waals surface area contributed by atoms with Crippen molar-refractivity contribution in [1.82, 2.24) is 25.2 Å². The van der Waals surface area contributed by atoms with Crippen molar-refractivity contribution in [2.75, 3.05) is 18.1 Å². The summed E-state index contributed by atoms with van der Waals surface area (Å²) in [5, 5.41) is 5.50. The molecule has 2 N–H and O–H groups in total. The normalized spacial score (nSPS) is 19.9. The van der Waals surface area contributed by atoms with Gasteiger partial charge in [-0.2, -0.15) is 13.2 Å². The number of nitrogens with one attached hydrogen (secondary N) is 2. The number of hydrogen-bond acceptors (Lipinski definition) is 7. The van der Waals surface area contributed by atoms with Crippen molar-refractivity contribution >= 4 is 29.2 Å². The number of amides is 2. The molecule has 2 aromatic heterocycles. The molecule has 10 nitrogen and oxygen atoms in total. The summed E-state index contributed by atoms with van der Waals surface area (Å²) in [5.41, 5.74) is -1.15. The maximum Gasteiger partial charge on any atom is 0.405 e. The van der Waals surface area contributed by atoms with Gasteiger partial charge in [0.2, 0.25) is 0 Å². The fourth-order valence-electron chi connectivity index (χ4n) is 5.66. The lowest BCUT2D eigenvalue weighted by Crippen LogP contribution is -2.55. The van der Waals surface area contributed by atoms with Gasteiger partial charge in [-0.15, -0.1) is 0 Å². The zero-order valence-corrected chi connectivity index (χ0v) is 25.1. The summed E-state index contributed by atoms with van der Waals surface area (Å²) < 4.78 is 51.3.